The number of aromatic nitrogens is 3. The zero-order valence-electron chi connectivity index (χ0n) is 11.7. The Morgan fingerprint density at radius 3 is 2.50 bits per heavy atom. The number of nitrogens with zero attached hydrogens (tertiary/aromatic N) is 2. The summed E-state index contributed by atoms with van der Waals surface area (Å²) in [5, 5.41) is 7.08. The Balaban J connectivity index is 1.75. The van der Waals surface area contributed by atoms with Gasteiger partial charge >= 0.3 is 0 Å². The number of nitrogens with one attached hydrogen (secondary N) is 1. The molecule has 2 aromatic carbocycles. The van der Waals surface area contributed by atoms with Crippen LogP contribution in [0.25, 0.3) is 5.69 Å². The summed E-state index contributed by atoms with van der Waals surface area (Å²) in [5.41, 5.74) is 2.09. The van der Waals surface area contributed by atoms with E-state index in [-0.39, 0.29) is 5.82 Å². The number of aromatic amines is 1. The molecule has 1 heterocycles. The SMILES string of the molecule is Fc1ccc(-n2c(CSCc3ccccc3)n[nH]c2=S)cc1. The van der Waals surface area contributed by atoms with Gasteiger partial charge in [0.1, 0.15) is 11.6 Å². The summed E-state index contributed by atoms with van der Waals surface area (Å²) in [6.07, 6.45) is 0. The summed E-state index contributed by atoms with van der Waals surface area (Å²) in [7, 11) is 0. The lowest BCUT2D eigenvalue weighted by Crippen LogP contribution is -2.00. The Kier molecular flexibility index (Phi) is 4.70. The lowest BCUT2D eigenvalue weighted by atomic mass is 10.2. The van der Waals surface area contributed by atoms with E-state index < -0.39 is 0 Å². The zero-order valence-corrected chi connectivity index (χ0v) is 13.3. The van der Waals surface area contributed by atoms with Crippen LogP contribution in [0, 0.1) is 10.6 Å². The van der Waals surface area contributed by atoms with Crippen LogP contribution in [0.15, 0.2) is 54.6 Å². The van der Waals surface area contributed by atoms with Crippen LogP contribution in [0.3, 0.4) is 0 Å². The van der Waals surface area contributed by atoms with E-state index >= 15 is 0 Å². The average molecular weight is 331 g/mol. The van der Waals surface area contributed by atoms with Crippen molar-refractivity contribution in [3.05, 3.63) is 76.6 Å². The topological polar surface area (TPSA) is 33.6 Å². The summed E-state index contributed by atoms with van der Waals surface area (Å²) in [6.45, 7) is 0. The zero-order chi connectivity index (χ0) is 15.4. The second kappa shape index (κ2) is 6.89. The fourth-order valence-electron chi connectivity index (χ4n) is 2.12. The van der Waals surface area contributed by atoms with Crippen LogP contribution in [0.5, 0.6) is 0 Å². The minimum Gasteiger partial charge on any atom is -0.271 e. The van der Waals surface area contributed by atoms with Gasteiger partial charge in [-0.05, 0) is 42.0 Å². The number of halogens is 1. The third-order valence-corrected chi connectivity index (χ3v) is 4.44. The van der Waals surface area contributed by atoms with Gasteiger partial charge in [-0.3, -0.25) is 9.67 Å². The highest BCUT2D eigenvalue weighted by Crippen LogP contribution is 2.19. The van der Waals surface area contributed by atoms with E-state index in [4.69, 9.17) is 12.2 Å². The van der Waals surface area contributed by atoms with E-state index in [1.807, 2.05) is 22.8 Å². The Morgan fingerprint density at radius 1 is 1.05 bits per heavy atom. The third-order valence-electron chi connectivity index (χ3n) is 3.17. The number of H-pyrrole nitrogens is 1. The number of thioether (sulfide) groups is 1. The van der Waals surface area contributed by atoms with Crippen molar-refractivity contribution in [3.63, 3.8) is 0 Å². The molecule has 0 fully saturated rings. The molecule has 6 heteroatoms. The predicted molar refractivity (Wildman–Crippen MR) is 90.1 cm³/mol. The van der Waals surface area contributed by atoms with Gasteiger partial charge in [-0.2, -0.15) is 5.10 Å². The first-order valence-corrected chi connectivity index (χ1v) is 8.34. The van der Waals surface area contributed by atoms with Gasteiger partial charge in [0.2, 0.25) is 0 Å². The van der Waals surface area contributed by atoms with Crippen molar-refractivity contribution in [3.8, 4) is 5.69 Å². The minimum atomic E-state index is -0.265. The van der Waals surface area contributed by atoms with E-state index in [1.165, 1.54) is 17.7 Å². The molecule has 112 valence electrons. The number of hydrogen-bond donors (Lipinski definition) is 1. The summed E-state index contributed by atoms with van der Waals surface area (Å²) >= 11 is 7.03. The Labute approximate surface area is 137 Å². The van der Waals surface area contributed by atoms with E-state index in [9.17, 15) is 4.39 Å². The van der Waals surface area contributed by atoms with Crippen LogP contribution in [0.1, 0.15) is 11.4 Å². The number of rotatable bonds is 5. The first-order valence-electron chi connectivity index (χ1n) is 6.78. The molecule has 0 spiro atoms. The molecule has 1 aromatic heterocycles. The van der Waals surface area contributed by atoms with E-state index in [2.05, 4.69) is 22.3 Å². The molecule has 3 aromatic rings. The van der Waals surface area contributed by atoms with Crippen molar-refractivity contribution < 1.29 is 4.39 Å². The third kappa shape index (κ3) is 3.45. The summed E-state index contributed by atoms with van der Waals surface area (Å²) in [6, 6.07) is 16.5. The van der Waals surface area contributed by atoms with Crippen molar-refractivity contribution in [1.29, 1.82) is 0 Å². The first-order chi connectivity index (χ1) is 10.7. The van der Waals surface area contributed by atoms with Crippen molar-refractivity contribution in [2.45, 2.75) is 11.5 Å². The van der Waals surface area contributed by atoms with Crippen LogP contribution < -0.4 is 0 Å². The standard InChI is InChI=1S/C16H14FN3S2/c17-13-6-8-14(9-7-13)20-15(18-19-16(20)21)11-22-10-12-4-2-1-3-5-12/h1-9H,10-11H2,(H,19,21). The van der Waals surface area contributed by atoms with Gasteiger partial charge in [-0.25, -0.2) is 4.39 Å². The lowest BCUT2D eigenvalue weighted by Gasteiger charge is -2.07. The van der Waals surface area contributed by atoms with Crippen LogP contribution >= 0.6 is 24.0 Å². The molecule has 0 aliphatic carbocycles. The monoisotopic (exact) mass is 331 g/mol. The second-order valence-electron chi connectivity index (χ2n) is 4.74. The fraction of sp³-hybridized carbons (Fsp3) is 0.125. The second-order valence-corrected chi connectivity index (χ2v) is 6.11. The van der Waals surface area contributed by atoms with Crippen LogP contribution in [-0.4, -0.2) is 14.8 Å². The highest BCUT2D eigenvalue weighted by atomic mass is 32.2. The molecule has 3 rings (SSSR count). The molecular weight excluding hydrogens is 317 g/mol. The predicted octanol–water partition coefficient (Wildman–Crippen LogP) is 4.50. The molecule has 0 amide bonds. The van der Waals surface area contributed by atoms with Gasteiger partial charge in [-0.1, -0.05) is 30.3 Å². The summed E-state index contributed by atoms with van der Waals surface area (Å²) < 4.78 is 15.4. The fourth-order valence-corrected chi connectivity index (χ4v) is 3.28. The summed E-state index contributed by atoms with van der Waals surface area (Å²) in [5.74, 6) is 2.19. The van der Waals surface area contributed by atoms with E-state index in [0.29, 0.717) is 4.77 Å². The van der Waals surface area contributed by atoms with E-state index in [0.717, 1.165) is 23.0 Å². The highest BCUT2D eigenvalue weighted by molar-refractivity contribution is 7.97. The van der Waals surface area contributed by atoms with Crippen LogP contribution in [0.4, 0.5) is 4.39 Å². The van der Waals surface area contributed by atoms with E-state index in [1.54, 1.807) is 23.9 Å². The molecule has 0 bridgehead atoms. The van der Waals surface area contributed by atoms with Crippen molar-refractivity contribution in [1.82, 2.24) is 14.8 Å². The van der Waals surface area contributed by atoms with Gasteiger partial charge in [0.05, 0.1) is 5.75 Å². The number of hydrogen-bond acceptors (Lipinski definition) is 3. The average Bonchev–Trinajstić information content (AvgIpc) is 2.90. The van der Waals surface area contributed by atoms with Gasteiger partial charge < -0.3 is 0 Å². The normalized spacial score (nSPS) is 10.8. The van der Waals surface area contributed by atoms with Gasteiger partial charge in [0, 0.05) is 11.4 Å². The Morgan fingerprint density at radius 2 is 1.77 bits per heavy atom. The molecular formula is C16H14FN3S2. The molecule has 0 aliphatic heterocycles. The van der Waals surface area contributed by atoms with Crippen LogP contribution in [0.2, 0.25) is 0 Å². The smallest absolute Gasteiger partial charge is 0.199 e. The molecule has 0 radical (unpaired) electrons. The van der Waals surface area contributed by atoms with Crippen molar-refractivity contribution in [2.75, 3.05) is 0 Å². The van der Waals surface area contributed by atoms with Crippen molar-refractivity contribution >= 4 is 24.0 Å². The Hall–Kier alpha value is -1.92. The molecule has 22 heavy (non-hydrogen) atoms. The maximum absolute atomic E-state index is 13.1. The lowest BCUT2D eigenvalue weighted by molar-refractivity contribution is 0.627. The maximum Gasteiger partial charge on any atom is 0.199 e. The first kappa shape index (κ1) is 15.0. The Bertz CT molecular complexity index is 794. The van der Waals surface area contributed by atoms with Gasteiger partial charge in [-0.15, -0.1) is 11.8 Å². The highest BCUT2D eigenvalue weighted by Gasteiger charge is 2.08. The van der Waals surface area contributed by atoms with Crippen LogP contribution in [-0.2, 0) is 11.5 Å². The van der Waals surface area contributed by atoms with Gasteiger partial charge in [0.15, 0.2) is 4.77 Å². The quantitative estimate of drug-likeness (QED) is 0.699. The molecule has 0 saturated carbocycles. The molecule has 3 nitrogen and oxygen atoms in total. The molecule has 0 saturated heterocycles. The minimum absolute atomic E-state index is 0.265. The summed E-state index contributed by atoms with van der Waals surface area (Å²) in [4.78, 5) is 0. The maximum atomic E-state index is 13.1. The molecule has 0 atom stereocenters. The van der Waals surface area contributed by atoms with Gasteiger partial charge in [0.25, 0.3) is 0 Å². The molecule has 0 aliphatic rings. The number of benzene rings is 2. The molecule has 1 N–H and O–H groups in total. The van der Waals surface area contributed by atoms with Crippen molar-refractivity contribution in [2.24, 2.45) is 0 Å². The largest absolute Gasteiger partial charge is 0.271 e. The molecule has 0 unspecified atom stereocenters.